The molecule has 0 amide bonds. The minimum atomic E-state index is 1.28. The summed E-state index contributed by atoms with van der Waals surface area (Å²) in [5.41, 5.74) is 9.40. The van der Waals surface area contributed by atoms with Crippen molar-refractivity contribution >= 4 is 21.5 Å². The van der Waals surface area contributed by atoms with E-state index < -0.39 is 0 Å². The van der Waals surface area contributed by atoms with Gasteiger partial charge in [0.15, 0.2) is 0 Å². The van der Waals surface area contributed by atoms with E-state index >= 15 is 0 Å². The molecule has 0 spiro atoms. The molecule has 33 heavy (non-hydrogen) atoms. The van der Waals surface area contributed by atoms with Gasteiger partial charge in [-0.3, -0.25) is 0 Å². The van der Waals surface area contributed by atoms with E-state index in [2.05, 4.69) is 116 Å². The predicted octanol–water partition coefficient (Wildman–Crippen LogP) is 9.30. The normalized spacial score (nSPS) is 11.2. The van der Waals surface area contributed by atoms with Crippen LogP contribution in [0.3, 0.4) is 0 Å². The van der Waals surface area contributed by atoms with Crippen LogP contribution in [0.5, 0.6) is 0 Å². The highest BCUT2D eigenvalue weighted by Crippen LogP contribution is 2.53. The summed E-state index contributed by atoms with van der Waals surface area (Å²) in [6.45, 7) is 2.08. The quantitative estimate of drug-likeness (QED) is 0.248. The maximum atomic E-state index is 2.37. The molecule has 0 aliphatic heterocycles. The Morgan fingerprint density at radius 2 is 1.03 bits per heavy atom. The molecule has 1 aliphatic rings. The Labute approximate surface area is 194 Å². The lowest BCUT2D eigenvalue weighted by Crippen LogP contribution is -1.88. The fraction of sp³-hybridized carbons (Fsp3) is 0.0303. The average molecular weight is 421 g/mol. The highest BCUT2D eigenvalue weighted by molar-refractivity contribution is 6.22. The number of fused-ring (bicyclic) bond motifs is 4. The maximum Gasteiger partial charge on any atom is -0.00137 e. The molecule has 6 aromatic carbocycles. The molecule has 1 aliphatic carbocycles. The van der Waals surface area contributed by atoms with Gasteiger partial charge in [0.2, 0.25) is 0 Å². The van der Waals surface area contributed by atoms with E-state index in [0.717, 1.165) is 0 Å². The van der Waals surface area contributed by atoms with Gasteiger partial charge in [0.25, 0.3) is 0 Å². The minimum absolute atomic E-state index is 1.28. The summed E-state index contributed by atoms with van der Waals surface area (Å²) in [4.78, 5) is 0. The molecule has 0 radical (unpaired) electrons. The highest BCUT2D eigenvalue weighted by Gasteiger charge is 2.25. The first-order valence-electron chi connectivity index (χ1n) is 11.5. The van der Waals surface area contributed by atoms with Crippen molar-refractivity contribution in [3.63, 3.8) is 0 Å². The van der Waals surface area contributed by atoms with E-state index in [9.17, 15) is 0 Å². The molecule has 0 fully saturated rings. The van der Waals surface area contributed by atoms with Crippen molar-refractivity contribution in [2.45, 2.75) is 6.92 Å². The lowest BCUT2D eigenvalue weighted by atomic mass is 9.88. The van der Waals surface area contributed by atoms with Gasteiger partial charge in [0, 0.05) is 0 Å². The molecule has 0 unspecified atom stereocenters. The smallest absolute Gasteiger partial charge is 0.00137 e. The standard InChI is InChI=1S/C26H16.C7H8/c1-2-8-18(9-3-1)25-20-13-5-4-10-19(20)16-23-21-14-6-11-17-12-7-15-22(24(17)21)26(23)25;1-7-5-3-2-4-6-7/h1-16H;2-6H,1H3. The van der Waals surface area contributed by atoms with E-state index in [1.54, 1.807) is 0 Å². The van der Waals surface area contributed by atoms with Crippen LogP contribution >= 0.6 is 0 Å². The van der Waals surface area contributed by atoms with Crippen LogP contribution in [0.15, 0.2) is 127 Å². The number of rotatable bonds is 1. The predicted molar refractivity (Wildman–Crippen MR) is 142 cm³/mol. The Bertz CT molecular complexity index is 1590. The van der Waals surface area contributed by atoms with Crippen molar-refractivity contribution < 1.29 is 0 Å². The van der Waals surface area contributed by atoms with Crippen molar-refractivity contribution in [2.24, 2.45) is 0 Å². The SMILES string of the molecule is Cc1ccccc1.c1ccc(-c2c3c(cc4ccccc24)-c2cccc4cccc-3c24)cc1. The molecule has 0 saturated heterocycles. The Morgan fingerprint density at radius 3 is 1.73 bits per heavy atom. The molecule has 0 N–H and O–H groups in total. The van der Waals surface area contributed by atoms with Crippen LogP contribution in [-0.2, 0) is 0 Å². The molecule has 0 heterocycles. The minimum Gasteiger partial charge on any atom is -0.0622 e. The number of benzene rings is 6. The van der Waals surface area contributed by atoms with Gasteiger partial charge in [0.05, 0.1) is 0 Å². The molecule has 6 aromatic rings. The van der Waals surface area contributed by atoms with E-state index in [0.29, 0.717) is 0 Å². The molecule has 0 saturated carbocycles. The second kappa shape index (κ2) is 8.07. The second-order valence-corrected chi connectivity index (χ2v) is 8.63. The molecule has 7 rings (SSSR count). The highest BCUT2D eigenvalue weighted by atomic mass is 14.3. The summed E-state index contributed by atoms with van der Waals surface area (Å²) in [6, 6.07) is 45.5. The largest absolute Gasteiger partial charge is 0.0622 e. The number of hydrogen-bond acceptors (Lipinski definition) is 0. The molecule has 156 valence electrons. The first kappa shape index (κ1) is 19.5. The summed E-state index contributed by atoms with van der Waals surface area (Å²) < 4.78 is 0. The van der Waals surface area contributed by atoms with Gasteiger partial charge in [-0.1, -0.05) is 127 Å². The third kappa shape index (κ3) is 3.32. The average Bonchev–Trinajstić information content (AvgIpc) is 3.19. The number of aryl methyl sites for hydroxylation is 1. The zero-order chi connectivity index (χ0) is 22.2. The van der Waals surface area contributed by atoms with Crippen molar-refractivity contribution in [1.82, 2.24) is 0 Å². The third-order valence-electron chi connectivity index (χ3n) is 6.52. The fourth-order valence-corrected chi connectivity index (χ4v) is 5.05. The van der Waals surface area contributed by atoms with Crippen LogP contribution in [-0.4, -0.2) is 0 Å². The van der Waals surface area contributed by atoms with Crippen LogP contribution in [0.4, 0.5) is 0 Å². The Balaban J connectivity index is 0.000000255. The lowest BCUT2D eigenvalue weighted by molar-refractivity contribution is 1.48. The topological polar surface area (TPSA) is 0 Å². The Hall–Kier alpha value is -4.16. The molecule has 0 bridgehead atoms. The van der Waals surface area contributed by atoms with Crippen LogP contribution in [0, 0.1) is 6.92 Å². The van der Waals surface area contributed by atoms with E-state index in [1.165, 1.54) is 60.5 Å². The van der Waals surface area contributed by atoms with Gasteiger partial charge in [-0.2, -0.15) is 0 Å². The van der Waals surface area contributed by atoms with Crippen LogP contribution < -0.4 is 0 Å². The lowest BCUT2D eigenvalue weighted by Gasteiger charge is -2.15. The van der Waals surface area contributed by atoms with Crippen LogP contribution in [0.2, 0.25) is 0 Å². The zero-order valence-electron chi connectivity index (χ0n) is 18.6. The second-order valence-electron chi connectivity index (χ2n) is 8.63. The van der Waals surface area contributed by atoms with E-state index in [-0.39, 0.29) is 0 Å². The molecular weight excluding hydrogens is 396 g/mol. The van der Waals surface area contributed by atoms with Gasteiger partial charge < -0.3 is 0 Å². The van der Waals surface area contributed by atoms with Gasteiger partial charge >= 0.3 is 0 Å². The van der Waals surface area contributed by atoms with Gasteiger partial charge in [-0.05, 0) is 67.9 Å². The Morgan fingerprint density at radius 1 is 0.424 bits per heavy atom. The summed E-state index contributed by atoms with van der Waals surface area (Å²) in [5.74, 6) is 0. The van der Waals surface area contributed by atoms with Gasteiger partial charge in [0.1, 0.15) is 0 Å². The molecule has 0 nitrogen and oxygen atoms in total. The number of hydrogen-bond donors (Lipinski definition) is 0. The van der Waals surface area contributed by atoms with Gasteiger partial charge in [-0.25, -0.2) is 0 Å². The van der Waals surface area contributed by atoms with Crippen molar-refractivity contribution in [3.8, 4) is 33.4 Å². The van der Waals surface area contributed by atoms with Gasteiger partial charge in [-0.15, -0.1) is 0 Å². The summed E-state index contributed by atoms with van der Waals surface area (Å²) in [6.07, 6.45) is 0. The summed E-state index contributed by atoms with van der Waals surface area (Å²) in [7, 11) is 0. The molecule has 0 atom stereocenters. The first-order chi connectivity index (χ1) is 16.3. The fourth-order valence-electron chi connectivity index (χ4n) is 5.05. The zero-order valence-corrected chi connectivity index (χ0v) is 18.6. The monoisotopic (exact) mass is 420 g/mol. The third-order valence-corrected chi connectivity index (χ3v) is 6.52. The maximum absolute atomic E-state index is 2.37. The van der Waals surface area contributed by atoms with Crippen LogP contribution in [0.1, 0.15) is 5.56 Å². The summed E-state index contributed by atoms with van der Waals surface area (Å²) >= 11 is 0. The molecule has 0 heteroatoms. The molecule has 0 aromatic heterocycles. The first-order valence-corrected chi connectivity index (χ1v) is 11.5. The van der Waals surface area contributed by atoms with Crippen molar-refractivity contribution in [3.05, 3.63) is 133 Å². The Kier molecular flexibility index (Phi) is 4.78. The van der Waals surface area contributed by atoms with E-state index in [4.69, 9.17) is 0 Å². The summed E-state index contributed by atoms with van der Waals surface area (Å²) in [5, 5.41) is 5.33. The van der Waals surface area contributed by atoms with E-state index in [1.807, 2.05) is 18.2 Å². The van der Waals surface area contributed by atoms with Crippen molar-refractivity contribution in [1.29, 1.82) is 0 Å². The molecular formula is C33H24. The van der Waals surface area contributed by atoms with Crippen LogP contribution in [0.25, 0.3) is 54.9 Å². The van der Waals surface area contributed by atoms with Crippen molar-refractivity contribution in [2.75, 3.05) is 0 Å².